The predicted octanol–water partition coefficient (Wildman–Crippen LogP) is 2.32. The number of hydrogen-bond acceptors (Lipinski definition) is 0. The number of allylic oxidation sites excluding steroid dienone is 6. The van der Waals surface area contributed by atoms with Crippen LogP contribution in [0.4, 0.5) is 0 Å². The van der Waals surface area contributed by atoms with Gasteiger partial charge in [-0.2, -0.15) is 0 Å². The van der Waals surface area contributed by atoms with E-state index in [4.69, 9.17) is 0 Å². The Morgan fingerprint density at radius 3 is 2.89 bits per heavy atom. The molecule has 0 saturated heterocycles. The van der Waals surface area contributed by atoms with E-state index >= 15 is 0 Å². The van der Waals surface area contributed by atoms with Gasteiger partial charge in [-0.3, -0.25) is 0 Å². The molecule has 0 spiro atoms. The van der Waals surface area contributed by atoms with Crippen molar-refractivity contribution in [3.8, 4) is 0 Å². The molecule has 0 unspecified atom stereocenters. The third kappa shape index (κ3) is 2.06. The molecule has 0 aromatic rings. The summed E-state index contributed by atoms with van der Waals surface area (Å²) in [7, 11) is 0. The zero-order chi connectivity index (χ0) is 6.69. The molecule has 1 aliphatic carbocycles. The zero-order valence-electron chi connectivity index (χ0n) is 5.52. The molecule has 0 aliphatic heterocycles. The van der Waals surface area contributed by atoms with Crippen molar-refractivity contribution < 1.29 is 24.7 Å². The summed E-state index contributed by atoms with van der Waals surface area (Å²) < 4.78 is 1.55. The quantitative estimate of drug-likeness (QED) is 0.604. The van der Waals surface area contributed by atoms with E-state index in [0.29, 0.717) is 0 Å². The van der Waals surface area contributed by atoms with Crippen molar-refractivity contribution in [1.82, 2.24) is 0 Å². The van der Waals surface area contributed by atoms with Gasteiger partial charge in [-0.25, -0.2) is 0 Å². The van der Waals surface area contributed by atoms with Crippen LogP contribution in [-0.4, -0.2) is 0 Å². The predicted molar refractivity (Wildman–Crippen MR) is 35.6 cm³/mol. The van der Waals surface area contributed by atoms with Gasteiger partial charge in [-0.15, -0.1) is 0 Å². The third-order valence-corrected chi connectivity index (χ3v) is 2.11. The average Bonchev–Trinajstić information content (AvgIpc) is 2.17. The first-order valence-corrected chi connectivity index (χ1v) is 4.31. The van der Waals surface area contributed by atoms with Crippen molar-refractivity contribution in [3.63, 3.8) is 0 Å². The molecule has 0 aromatic carbocycles. The second-order valence-electron chi connectivity index (χ2n) is 2.08. The maximum atomic E-state index is 2.27. The molecular formula is C8H9Zr. The summed E-state index contributed by atoms with van der Waals surface area (Å²) in [4.78, 5) is 0. The van der Waals surface area contributed by atoms with E-state index in [9.17, 15) is 0 Å². The molecule has 0 fully saturated rings. The van der Waals surface area contributed by atoms with Crippen molar-refractivity contribution >= 4 is 0 Å². The zero-order valence-corrected chi connectivity index (χ0v) is 7.97. The van der Waals surface area contributed by atoms with Crippen LogP contribution in [0.5, 0.6) is 0 Å². The molecule has 0 bridgehead atoms. The Hall–Kier alpha value is 0.103. The monoisotopic (exact) mass is 195 g/mol. The van der Waals surface area contributed by atoms with Gasteiger partial charge in [0, 0.05) is 0 Å². The number of hydrogen-bond donors (Lipinski definition) is 0. The van der Waals surface area contributed by atoms with Gasteiger partial charge in [0.2, 0.25) is 0 Å². The van der Waals surface area contributed by atoms with Crippen LogP contribution in [0.2, 0.25) is 0 Å². The van der Waals surface area contributed by atoms with Crippen molar-refractivity contribution in [3.05, 3.63) is 33.2 Å². The van der Waals surface area contributed by atoms with Crippen LogP contribution < -0.4 is 0 Å². The Kier molecular flexibility index (Phi) is 2.66. The first-order valence-electron chi connectivity index (χ1n) is 3.08. The molecule has 0 nitrogen and oxygen atoms in total. The van der Waals surface area contributed by atoms with Crippen LogP contribution in [0.1, 0.15) is 13.3 Å². The third-order valence-electron chi connectivity index (χ3n) is 1.26. The molecule has 9 heavy (non-hydrogen) atoms. The number of rotatable bonds is 1. The summed E-state index contributed by atoms with van der Waals surface area (Å²) in [6, 6.07) is 0. The second-order valence-corrected chi connectivity index (χ2v) is 3.66. The Balaban J connectivity index is 2.64. The minimum atomic E-state index is 1.18. The standard InChI is InChI=1S/C8H9.Zr/c1-2-5-8-6-3-4-7-8;/h2,5-7H,3H2,1H3;. The Morgan fingerprint density at radius 2 is 2.44 bits per heavy atom. The molecule has 0 heterocycles. The molecule has 0 N–H and O–H groups in total. The van der Waals surface area contributed by atoms with E-state index in [1.54, 1.807) is 28.0 Å². The molecule has 1 rings (SSSR count). The Morgan fingerprint density at radius 1 is 1.67 bits per heavy atom. The van der Waals surface area contributed by atoms with Gasteiger partial charge in [0.15, 0.2) is 0 Å². The summed E-state index contributed by atoms with van der Waals surface area (Å²) in [6.07, 6.45) is 9.94. The fourth-order valence-electron chi connectivity index (χ4n) is 0.855. The van der Waals surface area contributed by atoms with E-state index < -0.39 is 0 Å². The SMILES string of the molecule is CC=CC1=CC[C]([Zr])=C1. The molecule has 1 aliphatic rings. The van der Waals surface area contributed by atoms with E-state index in [1.165, 1.54) is 12.0 Å². The van der Waals surface area contributed by atoms with E-state index in [1.807, 2.05) is 0 Å². The fourth-order valence-corrected chi connectivity index (χ4v) is 1.52. The van der Waals surface area contributed by atoms with Crippen LogP contribution in [0.15, 0.2) is 33.2 Å². The van der Waals surface area contributed by atoms with Crippen LogP contribution in [-0.2, 0) is 24.7 Å². The molecule has 0 radical (unpaired) electrons. The maximum absolute atomic E-state index is 2.27. The topological polar surface area (TPSA) is 0 Å². The summed E-state index contributed by atoms with van der Waals surface area (Å²) in [5, 5.41) is 0. The van der Waals surface area contributed by atoms with E-state index in [-0.39, 0.29) is 0 Å². The van der Waals surface area contributed by atoms with Gasteiger partial charge in [0.1, 0.15) is 0 Å². The summed E-state index contributed by atoms with van der Waals surface area (Å²) >= 11 is 1.55. The molecule has 0 atom stereocenters. The van der Waals surface area contributed by atoms with Crippen LogP contribution in [0.25, 0.3) is 0 Å². The van der Waals surface area contributed by atoms with E-state index in [2.05, 4.69) is 31.2 Å². The van der Waals surface area contributed by atoms with E-state index in [0.717, 1.165) is 0 Å². The molecule has 0 amide bonds. The van der Waals surface area contributed by atoms with Crippen molar-refractivity contribution in [1.29, 1.82) is 0 Å². The van der Waals surface area contributed by atoms with Crippen molar-refractivity contribution in [2.45, 2.75) is 13.3 Å². The Labute approximate surface area is 71.2 Å². The van der Waals surface area contributed by atoms with Crippen LogP contribution in [0, 0.1) is 0 Å². The van der Waals surface area contributed by atoms with Crippen molar-refractivity contribution in [2.75, 3.05) is 0 Å². The Bertz CT molecular complexity index is 185. The van der Waals surface area contributed by atoms with Crippen LogP contribution in [0.3, 0.4) is 0 Å². The summed E-state index contributed by atoms with van der Waals surface area (Å²) in [6.45, 7) is 2.05. The summed E-state index contributed by atoms with van der Waals surface area (Å²) in [5.74, 6) is 0. The van der Waals surface area contributed by atoms with Crippen LogP contribution >= 0.6 is 0 Å². The fraction of sp³-hybridized carbons (Fsp3) is 0.250. The summed E-state index contributed by atoms with van der Waals surface area (Å²) in [5.41, 5.74) is 1.38. The first kappa shape index (κ1) is 7.21. The van der Waals surface area contributed by atoms with Gasteiger partial charge < -0.3 is 0 Å². The van der Waals surface area contributed by atoms with Crippen molar-refractivity contribution in [2.24, 2.45) is 0 Å². The van der Waals surface area contributed by atoms with Gasteiger partial charge in [-0.1, -0.05) is 0 Å². The second kappa shape index (κ2) is 3.32. The molecule has 0 aromatic heterocycles. The molecule has 0 saturated carbocycles. The minimum absolute atomic E-state index is 1.18. The van der Waals surface area contributed by atoms with Gasteiger partial charge in [0.05, 0.1) is 0 Å². The first-order chi connectivity index (χ1) is 4.33. The molecule has 45 valence electrons. The average molecular weight is 196 g/mol. The molecule has 1 heteroatoms. The van der Waals surface area contributed by atoms with Gasteiger partial charge in [-0.05, 0) is 0 Å². The van der Waals surface area contributed by atoms with Gasteiger partial charge in [0.25, 0.3) is 0 Å². The van der Waals surface area contributed by atoms with Gasteiger partial charge >= 0.3 is 71.2 Å². The normalized spacial score (nSPS) is 18.2. The molecular weight excluding hydrogens is 187 g/mol.